The summed E-state index contributed by atoms with van der Waals surface area (Å²) in [6, 6.07) is 15.2. The summed E-state index contributed by atoms with van der Waals surface area (Å²) in [6.45, 7) is 4.10. The number of esters is 1. The molecule has 1 aliphatic heterocycles. The third-order valence-corrected chi connectivity index (χ3v) is 6.59. The maximum Gasteiger partial charge on any atom is 0.336 e. The Hall–Kier alpha value is -2.56. The fourth-order valence-corrected chi connectivity index (χ4v) is 5.11. The number of dihydropyridines is 1. The van der Waals surface area contributed by atoms with Gasteiger partial charge < -0.3 is 10.1 Å². The Labute approximate surface area is 198 Å². The minimum atomic E-state index is -0.593. The number of halogens is 2. The summed E-state index contributed by atoms with van der Waals surface area (Å²) in [5.41, 5.74) is 4.35. The van der Waals surface area contributed by atoms with Gasteiger partial charge in [0.2, 0.25) is 0 Å². The van der Waals surface area contributed by atoms with Crippen LogP contribution >= 0.6 is 23.2 Å². The number of benzene rings is 2. The topological polar surface area (TPSA) is 55.4 Å². The van der Waals surface area contributed by atoms with E-state index < -0.39 is 11.9 Å². The van der Waals surface area contributed by atoms with Crippen LogP contribution in [0, 0.1) is 0 Å². The van der Waals surface area contributed by atoms with E-state index in [4.69, 9.17) is 27.9 Å². The van der Waals surface area contributed by atoms with E-state index in [-0.39, 0.29) is 11.7 Å². The van der Waals surface area contributed by atoms with Crippen molar-refractivity contribution in [2.45, 2.75) is 44.9 Å². The van der Waals surface area contributed by atoms with Gasteiger partial charge in [-0.25, -0.2) is 4.79 Å². The lowest BCUT2D eigenvalue weighted by molar-refractivity contribution is -0.139. The maximum atomic E-state index is 13.5. The Morgan fingerprint density at radius 2 is 1.88 bits per heavy atom. The summed E-state index contributed by atoms with van der Waals surface area (Å²) in [5, 5.41) is 4.27. The number of hydrogen-bond donors (Lipinski definition) is 1. The van der Waals surface area contributed by atoms with Gasteiger partial charge in [0.25, 0.3) is 0 Å². The third kappa shape index (κ3) is 4.35. The van der Waals surface area contributed by atoms with Crippen molar-refractivity contribution in [2.24, 2.45) is 0 Å². The number of allylic oxidation sites excluding steroid dienone is 3. The van der Waals surface area contributed by atoms with Crippen LogP contribution < -0.4 is 5.32 Å². The second-order valence-corrected chi connectivity index (χ2v) is 9.07. The van der Waals surface area contributed by atoms with Crippen molar-refractivity contribution in [3.05, 3.63) is 92.2 Å². The van der Waals surface area contributed by atoms with E-state index in [1.807, 2.05) is 32.0 Å². The van der Waals surface area contributed by atoms with Crippen LogP contribution in [0.4, 0.5) is 0 Å². The summed E-state index contributed by atoms with van der Waals surface area (Å²) in [4.78, 5) is 26.6. The Bertz CT molecular complexity index is 1120. The molecule has 0 bridgehead atoms. The van der Waals surface area contributed by atoms with E-state index in [1.165, 1.54) is 0 Å². The highest BCUT2D eigenvalue weighted by atomic mass is 35.5. The molecule has 0 saturated carbocycles. The molecule has 2 aromatic rings. The lowest BCUT2D eigenvalue weighted by atomic mass is 9.71. The van der Waals surface area contributed by atoms with Crippen LogP contribution in [-0.2, 0) is 14.3 Å². The first kappa shape index (κ1) is 22.6. The van der Waals surface area contributed by atoms with Gasteiger partial charge in [-0.3, -0.25) is 4.79 Å². The van der Waals surface area contributed by atoms with Gasteiger partial charge in [0.15, 0.2) is 5.78 Å². The zero-order valence-electron chi connectivity index (χ0n) is 18.1. The molecule has 0 radical (unpaired) electrons. The van der Waals surface area contributed by atoms with E-state index in [0.717, 1.165) is 11.3 Å². The molecule has 166 valence electrons. The van der Waals surface area contributed by atoms with E-state index in [2.05, 4.69) is 17.4 Å². The van der Waals surface area contributed by atoms with Crippen LogP contribution in [-0.4, -0.2) is 18.4 Å². The molecule has 32 heavy (non-hydrogen) atoms. The van der Waals surface area contributed by atoms with E-state index in [1.54, 1.807) is 18.2 Å². The van der Waals surface area contributed by atoms with Gasteiger partial charge >= 0.3 is 5.97 Å². The fraction of sp³-hybridized carbons (Fsp3) is 0.308. The summed E-state index contributed by atoms with van der Waals surface area (Å²) in [6.07, 6.45) is 1.77. The van der Waals surface area contributed by atoms with Gasteiger partial charge in [-0.2, -0.15) is 0 Å². The Morgan fingerprint density at radius 3 is 2.56 bits per heavy atom. The predicted molar refractivity (Wildman–Crippen MR) is 127 cm³/mol. The first-order valence-corrected chi connectivity index (χ1v) is 11.6. The smallest absolute Gasteiger partial charge is 0.336 e. The van der Waals surface area contributed by atoms with Crippen molar-refractivity contribution < 1.29 is 14.3 Å². The van der Waals surface area contributed by atoms with Gasteiger partial charge in [0.05, 0.1) is 12.2 Å². The maximum absolute atomic E-state index is 13.5. The predicted octanol–water partition coefficient (Wildman–Crippen LogP) is 6.31. The second-order valence-electron chi connectivity index (χ2n) is 8.23. The molecule has 0 spiro atoms. The van der Waals surface area contributed by atoms with Gasteiger partial charge in [-0.15, -0.1) is 0 Å². The fourth-order valence-electron chi connectivity index (χ4n) is 4.59. The van der Waals surface area contributed by atoms with Gasteiger partial charge in [0, 0.05) is 39.4 Å². The van der Waals surface area contributed by atoms with Gasteiger partial charge in [-0.05, 0) is 48.9 Å². The number of nitrogens with one attached hydrogen (secondary N) is 1. The molecular formula is C26H25Cl2NO3. The van der Waals surface area contributed by atoms with Crippen molar-refractivity contribution in [2.75, 3.05) is 6.61 Å². The van der Waals surface area contributed by atoms with Crippen LogP contribution in [0.1, 0.15) is 56.1 Å². The molecule has 2 atom stereocenters. The molecule has 0 amide bonds. The van der Waals surface area contributed by atoms with E-state index in [9.17, 15) is 9.59 Å². The number of ketones is 1. The Kier molecular flexibility index (Phi) is 6.73. The largest absolute Gasteiger partial charge is 0.462 e. The molecular weight excluding hydrogens is 445 g/mol. The van der Waals surface area contributed by atoms with Crippen LogP contribution in [0.15, 0.2) is 71.1 Å². The van der Waals surface area contributed by atoms with Crippen molar-refractivity contribution in [3.63, 3.8) is 0 Å². The van der Waals surface area contributed by atoms with Gasteiger partial charge in [0.1, 0.15) is 0 Å². The molecule has 6 heteroatoms. The minimum Gasteiger partial charge on any atom is -0.462 e. The molecule has 2 aliphatic rings. The number of carbonyl (C=O) groups is 2. The lowest BCUT2D eigenvalue weighted by Gasteiger charge is -2.37. The molecule has 4 rings (SSSR count). The van der Waals surface area contributed by atoms with Crippen LogP contribution in [0.3, 0.4) is 0 Å². The molecule has 1 N–H and O–H groups in total. The SMILES string of the molecule is CCCOC(=O)C1=C(C)NC2=C(C(=O)CC(c3ccccc3)C2)C1c1ccc(Cl)cc1Cl. The number of ether oxygens (including phenoxy) is 1. The highest BCUT2D eigenvalue weighted by Crippen LogP contribution is 2.47. The molecule has 1 aliphatic carbocycles. The standard InChI is InChI=1S/C26H25Cl2NO3/c1-3-11-32-26(31)23-15(2)29-21-12-17(16-7-5-4-6-8-16)13-22(30)25(21)24(23)19-10-9-18(27)14-20(19)28/h4-10,14,17,24,29H,3,11-13H2,1-2H3. The quantitative estimate of drug-likeness (QED) is 0.521. The van der Waals surface area contributed by atoms with Crippen LogP contribution in [0.25, 0.3) is 0 Å². The highest BCUT2D eigenvalue weighted by Gasteiger charge is 2.42. The lowest BCUT2D eigenvalue weighted by Crippen LogP contribution is -2.36. The van der Waals surface area contributed by atoms with Crippen LogP contribution in [0.2, 0.25) is 10.0 Å². The van der Waals surface area contributed by atoms with Crippen molar-refractivity contribution in [3.8, 4) is 0 Å². The highest BCUT2D eigenvalue weighted by molar-refractivity contribution is 6.35. The molecule has 0 aromatic heterocycles. The molecule has 2 aromatic carbocycles. The zero-order valence-corrected chi connectivity index (χ0v) is 19.6. The van der Waals surface area contributed by atoms with Crippen molar-refractivity contribution >= 4 is 35.0 Å². The molecule has 1 heterocycles. The molecule has 4 nitrogen and oxygen atoms in total. The normalized spacial score (nSPS) is 20.7. The molecule has 0 fully saturated rings. The minimum absolute atomic E-state index is 0.0110. The number of Topliss-reactive ketones (excluding diaryl/α,β-unsaturated/α-hetero) is 1. The number of carbonyl (C=O) groups excluding carboxylic acids is 2. The average molecular weight is 470 g/mol. The first-order chi connectivity index (χ1) is 15.4. The second kappa shape index (κ2) is 9.51. The van der Waals surface area contributed by atoms with Gasteiger partial charge in [-0.1, -0.05) is 66.5 Å². The number of hydrogen-bond acceptors (Lipinski definition) is 4. The third-order valence-electron chi connectivity index (χ3n) is 6.03. The van der Waals surface area contributed by atoms with Crippen molar-refractivity contribution in [1.82, 2.24) is 5.32 Å². The summed E-state index contributed by atoms with van der Waals surface area (Å²) in [5.74, 6) is -0.934. The summed E-state index contributed by atoms with van der Waals surface area (Å²) < 4.78 is 5.48. The van der Waals surface area contributed by atoms with E-state index in [0.29, 0.717) is 58.3 Å². The summed E-state index contributed by atoms with van der Waals surface area (Å²) in [7, 11) is 0. The Morgan fingerprint density at radius 1 is 1.12 bits per heavy atom. The zero-order chi connectivity index (χ0) is 22.8. The molecule has 2 unspecified atom stereocenters. The monoisotopic (exact) mass is 469 g/mol. The van der Waals surface area contributed by atoms with E-state index >= 15 is 0 Å². The summed E-state index contributed by atoms with van der Waals surface area (Å²) >= 11 is 12.7. The Balaban J connectivity index is 1.81. The molecule has 0 saturated heterocycles. The average Bonchev–Trinajstić information content (AvgIpc) is 2.77. The first-order valence-electron chi connectivity index (χ1n) is 10.8. The van der Waals surface area contributed by atoms with Crippen LogP contribution in [0.5, 0.6) is 0 Å². The van der Waals surface area contributed by atoms with Crippen molar-refractivity contribution in [1.29, 1.82) is 0 Å². The number of rotatable bonds is 5.